The van der Waals surface area contributed by atoms with Gasteiger partial charge in [-0.2, -0.15) is 0 Å². The minimum atomic E-state index is -1.54. The molecule has 2 N–H and O–H groups in total. The van der Waals surface area contributed by atoms with E-state index in [0.717, 1.165) is 23.8 Å². The van der Waals surface area contributed by atoms with Crippen LogP contribution in [-0.4, -0.2) is 37.1 Å². The van der Waals surface area contributed by atoms with Crippen LogP contribution in [-0.2, 0) is 0 Å². The lowest BCUT2D eigenvalue weighted by Crippen LogP contribution is -2.30. The van der Waals surface area contributed by atoms with E-state index in [2.05, 4.69) is 42.5 Å². The lowest BCUT2D eigenvalue weighted by Gasteiger charge is -1.99. The number of hydrogen-bond donors (Lipinski definition) is 2. The van der Waals surface area contributed by atoms with Crippen molar-refractivity contribution in [1.82, 2.24) is 19.9 Å². The number of hydrogen-bond acceptors (Lipinski definition) is 8. The summed E-state index contributed by atoms with van der Waals surface area (Å²) in [6.45, 7) is 3.80. The molecule has 12 heteroatoms. The molecular weight excluding hydrogens is 529 g/mol. The van der Waals surface area contributed by atoms with Crippen LogP contribution in [0.1, 0.15) is 10.0 Å². The summed E-state index contributed by atoms with van der Waals surface area (Å²) in [6.07, 6.45) is 3.12. The molecule has 4 rings (SSSR count). The molecule has 0 aliphatic carbocycles. The minimum Gasteiger partial charge on any atom is -0.423 e. The SMILES string of the molecule is Cc1nc2c(Cl)ncc(B(O)O)c2s1.Cc1nc2c(Cl)ncc(I)c2s1. The van der Waals surface area contributed by atoms with Crippen molar-refractivity contribution in [3.05, 3.63) is 36.3 Å². The van der Waals surface area contributed by atoms with Crippen molar-refractivity contribution in [3.63, 3.8) is 0 Å². The Morgan fingerprint density at radius 3 is 1.96 bits per heavy atom. The van der Waals surface area contributed by atoms with Gasteiger partial charge >= 0.3 is 7.12 Å². The maximum atomic E-state index is 9.07. The molecule has 4 aromatic rings. The molecule has 26 heavy (non-hydrogen) atoms. The van der Waals surface area contributed by atoms with Gasteiger partial charge in [-0.15, -0.1) is 22.7 Å². The number of nitrogens with zero attached hydrogens (tertiary/aromatic N) is 4. The van der Waals surface area contributed by atoms with Crippen molar-refractivity contribution in [2.75, 3.05) is 0 Å². The molecule has 0 spiro atoms. The number of aromatic nitrogens is 4. The lowest BCUT2D eigenvalue weighted by atomic mass is 9.81. The van der Waals surface area contributed by atoms with Crippen LogP contribution in [0.5, 0.6) is 0 Å². The molecule has 0 aliphatic rings. The first kappa shape index (κ1) is 20.1. The number of halogens is 3. The van der Waals surface area contributed by atoms with Crippen LogP contribution in [0, 0.1) is 17.4 Å². The molecule has 6 nitrogen and oxygen atoms in total. The Morgan fingerprint density at radius 1 is 0.923 bits per heavy atom. The minimum absolute atomic E-state index is 0.286. The largest absolute Gasteiger partial charge is 0.491 e. The van der Waals surface area contributed by atoms with Crippen molar-refractivity contribution in [1.29, 1.82) is 0 Å². The molecule has 0 amide bonds. The molecule has 0 aliphatic heterocycles. The Balaban J connectivity index is 0.000000152. The maximum Gasteiger partial charge on any atom is 0.491 e. The number of aryl methyl sites for hydroxylation is 2. The normalized spacial score (nSPS) is 10.9. The smallest absolute Gasteiger partial charge is 0.423 e. The van der Waals surface area contributed by atoms with Crippen LogP contribution in [0.15, 0.2) is 12.4 Å². The summed E-state index contributed by atoms with van der Waals surface area (Å²) >= 11 is 16.9. The summed E-state index contributed by atoms with van der Waals surface area (Å²) < 4.78 is 2.92. The van der Waals surface area contributed by atoms with E-state index in [0.29, 0.717) is 20.8 Å². The Kier molecular flexibility index (Phi) is 6.32. The topological polar surface area (TPSA) is 92.0 Å². The molecule has 4 heterocycles. The second-order valence-electron chi connectivity index (χ2n) is 5.10. The fraction of sp³-hybridized carbons (Fsp3) is 0.143. The monoisotopic (exact) mass is 538 g/mol. The van der Waals surface area contributed by atoms with Gasteiger partial charge in [0, 0.05) is 17.9 Å². The number of thiazole rings is 2. The van der Waals surface area contributed by atoms with E-state index in [1.807, 2.05) is 13.8 Å². The van der Waals surface area contributed by atoms with Crippen LogP contribution in [0.2, 0.25) is 10.3 Å². The summed E-state index contributed by atoms with van der Waals surface area (Å²) in [5, 5.41) is 20.8. The van der Waals surface area contributed by atoms with E-state index in [-0.39, 0.29) is 5.15 Å². The molecule has 0 fully saturated rings. The van der Waals surface area contributed by atoms with Crippen molar-refractivity contribution >= 4 is 101 Å². The van der Waals surface area contributed by atoms with Gasteiger partial charge in [0.15, 0.2) is 10.3 Å². The Hall–Kier alpha value is -0.625. The Bertz CT molecular complexity index is 1070. The first-order chi connectivity index (χ1) is 12.3. The van der Waals surface area contributed by atoms with E-state index < -0.39 is 7.12 Å². The zero-order chi connectivity index (χ0) is 19.0. The van der Waals surface area contributed by atoms with Crippen molar-refractivity contribution in [2.24, 2.45) is 0 Å². The molecule has 0 unspecified atom stereocenters. The van der Waals surface area contributed by atoms with Gasteiger partial charge in [-0.3, -0.25) is 0 Å². The van der Waals surface area contributed by atoms with Gasteiger partial charge in [0.2, 0.25) is 0 Å². The van der Waals surface area contributed by atoms with Crippen LogP contribution >= 0.6 is 68.5 Å². The fourth-order valence-electron chi connectivity index (χ4n) is 2.15. The van der Waals surface area contributed by atoms with Crippen molar-refractivity contribution in [3.8, 4) is 0 Å². The van der Waals surface area contributed by atoms with Crippen LogP contribution < -0.4 is 5.46 Å². The van der Waals surface area contributed by atoms with Crippen LogP contribution in [0.4, 0.5) is 0 Å². The summed E-state index contributed by atoms with van der Waals surface area (Å²) in [4.78, 5) is 16.3. The van der Waals surface area contributed by atoms with E-state index in [9.17, 15) is 0 Å². The molecule has 0 bridgehead atoms. The third-order valence-electron chi connectivity index (χ3n) is 3.22. The summed E-state index contributed by atoms with van der Waals surface area (Å²) in [6, 6.07) is 0. The number of rotatable bonds is 1. The molecule has 0 saturated heterocycles. The highest BCUT2D eigenvalue weighted by Gasteiger charge is 2.19. The molecule has 4 aromatic heterocycles. The Labute approximate surface area is 180 Å². The average Bonchev–Trinajstić information content (AvgIpc) is 3.15. The molecule has 0 aromatic carbocycles. The van der Waals surface area contributed by atoms with Gasteiger partial charge in [-0.05, 0) is 36.4 Å². The van der Waals surface area contributed by atoms with E-state index in [1.54, 1.807) is 17.5 Å². The molecule has 0 saturated carbocycles. The third kappa shape index (κ3) is 4.11. The molecule has 134 valence electrons. The van der Waals surface area contributed by atoms with Gasteiger partial charge in [0.25, 0.3) is 0 Å². The highest BCUT2D eigenvalue weighted by molar-refractivity contribution is 14.1. The van der Waals surface area contributed by atoms with Crippen molar-refractivity contribution < 1.29 is 10.0 Å². The van der Waals surface area contributed by atoms with Gasteiger partial charge in [-0.25, -0.2) is 19.9 Å². The molecular formula is C14H10BCl2IN4O2S2. The first-order valence-corrected chi connectivity index (χ1v) is 10.6. The maximum absolute atomic E-state index is 9.07. The predicted octanol–water partition coefficient (Wildman–Crippen LogP) is 3.59. The Morgan fingerprint density at radius 2 is 1.42 bits per heavy atom. The first-order valence-electron chi connectivity index (χ1n) is 7.12. The molecule has 0 radical (unpaired) electrons. The van der Waals surface area contributed by atoms with Gasteiger partial charge in [-0.1, -0.05) is 23.2 Å². The van der Waals surface area contributed by atoms with Gasteiger partial charge in [0.05, 0.1) is 23.0 Å². The quantitative estimate of drug-likeness (QED) is 0.219. The van der Waals surface area contributed by atoms with Crippen LogP contribution in [0.25, 0.3) is 20.4 Å². The van der Waals surface area contributed by atoms with Gasteiger partial charge < -0.3 is 10.0 Å². The molecule has 0 atom stereocenters. The van der Waals surface area contributed by atoms with Gasteiger partial charge in [0.1, 0.15) is 11.0 Å². The lowest BCUT2D eigenvalue weighted by molar-refractivity contribution is 0.426. The second-order valence-corrected chi connectivity index (χ2v) is 9.38. The number of fused-ring (bicyclic) bond motifs is 2. The third-order valence-corrected chi connectivity index (χ3v) is 6.99. The standard InChI is InChI=1S/C7H6BClN2O2S.C7H4ClIN2S/c1-3-11-5-6(14-3)4(8(12)13)2-10-7(5)9;1-3-11-5-6(12-3)4(9)2-10-7(5)8/h2,12-13H,1H3;2H,1H3. The van der Waals surface area contributed by atoms with E-state index in [4.69, 9.17) is 33.2 Å². The average molecular weight is 539 g/mol. The second kappa shape index (κ2) is 8.17. The van der Waals surface area contributed by atoms with E-state index in [1.165, 1.54) is 17.5 Å². The summed E-state index contributed by atoms with van der Waals surface area (Å²) in [5.74, 6) is 0. The highest BCUT2D eigenvalue weighted by Crippen LogP contribution is 2.29. The predicted molar refractivity (Wildman–Crippen MR) is 117 cm³/mol. The van der Waals surface area contributed by atoms with Crippen LogP contribution in [0.3, 0.4) is 0 Å². The highest BCUT2D eigenvalue weighted by atomic mass is 127. The number of pyridine rings is 2. The summed E-state index contributed by atoms with van der Waals surface area (Å²) in [5.41, 5.74) is 1.70. The zero-order valence-electron chi connectivity index (χ0n) is 13.4. The zero-order valence-corrected chi connectivity index (χ0v) is 18.7. The van der Waals surface area contributed by atoms with E-state index >= 15 is 0 Å². The fourth-order valence-corrected chi connectivity index (χ4v) is 5.13. The summed E-state index contributed by atoms with van der Waals surface area (Å²) in [7, 11) is -1.54. The van der Waals surface area contributed by atoms with Crippen molar-refractivity contribution in [2.45, 2.75) is 13.8 Å².